The molecule has 0 bridgehead atoms. The highest BCUT2D eigenvalue weighted by molar-refractivity contribution is 5.17. The van der Waals surface area contributed by atoms with Crippen molar-refractivity contribution in [3.63, 3.8) is 0 Å². The molecule has 1 aromatic carbocycles. The minimum Gasteiger partial charge on any atom is -0.308 e. The largest absolute Gasteiger partial charge is 0.416 e. The molecule has 0 radical (unpaired) electrons. The van der Waals surface area contributed by atoms with E-state index in [-0.39, 0.29) is 0 Å². The lowest BCUT2D eigenvalue weighted by Crippen LogP contribution is -2.33. The zero-order valence-corrected chi connectivity index (χ0v) is 10.9. The van der Waals surface area contributed by atoms with Crippen molar-refractivity contribution in [1.82, 2.24) is 9.91 Å². The molecule has 0 fully saturated rings. The maximum absolute atomic E-state index is 11.8. The normalized spacial score (nSPS) is 11.4. The van der Waals surface area contributed by atoms with Crippen LogP contribution in [0.25, 0.3) is 0 Å². The molecule has 1 rings (SSSR count). The molecule has 0 aliphatic rings. The van der Waals surface area contributed by atoms with E-state index < -0.39 is 11.7 Å². The summed E-state index contributed by atoms with van der Waals surface area (Å²) < 4.78 is 35.4. The fraction of sp³-hybridized carbons (Fsp3) is 0.500. The molecule has 0 saturated heterocycles. The van der Waals surface area contributed by atoms with Gasteiger partial charge in [-0.25, -0.2) is 5.01 Å². The molecule has 0 amide bonds. The van der Waals surface area contributed by atoms with Crippen LogP contribution in [0, 0.1) is 0 Å². The molecule has 18 heavy (non-hydrogen) atoms. The third kappa shape index (κ3) is 8.98. The highest BCUT2D eigenvalue weighted by Gasteiger charge is 2.29. The number of nitrogens with zero attached hydrogens (tertiary/aromatic N) is 2. The van der Waals surface area contributed by atoms with Crippen LogP contribution >= 0.6 is 0 Å². The second-order valence-corrected chi connectivity index (χ2v) is 4.15. The van der Waals surface area contributed by atoms with Gasteiger partial charge in [0.25, 0.3) is 0 Å². The number of hydrogen-bond acceptors (Lipinski definition) is 3. The molecule has 0 unspecified atom stereocenters. The van der Waals surface area contributed by atoms with E-state index in [0.29, 0.717) is 0 Å². The van der Waals surface area contributed by atoms with Crippen LogP contribution in [-0.4, -0.2) is 44.1 Å². The van der Waals surface area contributed by atoms with Crippen LogP contribution in [0.5, 0.6) is 0 Å². The fourth-order valence-corrected chi connectivity index (χ4v) is 0.985. The first-order valence-corrected chi connectivity index (χ1v) is 5.46. The smallest absolute Gasteiger partial charge is 0.308 e. The van der Waals surface area contributed by atoms with Gasteiger partial charge in [0.1, 0.15) is 0 Å². The van der Waals surface area contributed by atoms with Crippen molar-refractivity contribution in [2.45, 2.75) is 6.18 Å². The minimum absolute atomic E-state index is 0.602. The van der Waals surface area contributed by atoms with Gasteiger partial charge in [0, 0.05) is 20.1 Å². The first-order chi connectivity index (χ1) is 8.23. The Morgan fingerprint density at radius 2 is 1.50 bits per heavy atom. The summed E-state index contributed by atoms with van der Waals surface area (Å²) in [5, 5.41) is 1.68. The highest BCUT2D eigenvalue weighted by atomic mass is 19.4. The molecule has 0 spiro atoms. The number of nitrogens with two attached hydrogens (primary N) is 1. The topological polar surface area (TPSA) is 32.5 Å². The zero-order chi connectivity index (χ0) is 14.2. The molecule has 0 aliphatic carbocycles. The van der Waals surface area contributed by atoms with E-state index in [1.165, 1.54) is 12.1 Å². The lowest BCUT2D eigenvalue weighted by atomic mass is 10.2. The standard InChI is InChI=1S/C7H5F3.C5H15N3/c8-7(9,10)6-4-2-1-3-5-6;1-7(2)4-5-8(3)6/h1-5H;4-6H2,1-3H3. The van der Waals surface area contributed by atoms with Gasteiger partial charge >= 0.3 is 6.18 Å². The summed E-state index contributed by atoms with van der Waals surface area (Å²) in [6.45, 7) is 1.94. The number of alkyl halides is 3. The molecule has 0 heterocycles. The van der Waals surface area contributed by atoms with Crippen LogP contribution < -0.4 is 5.84 Å². The van der Waals surface area contributed by atoms with Crippen LogP contribution in [-0.2, 0) is 6.18 Å². The molecule has 1 aromatic rings. The molecule has 3 nitrogen and oxygen atoms in total. The lowest BCUT2D eigenvalue weighted by Gasteiger charge is -2.13. The Balaban J connectivity index is 0.000000331. The Kier molecular flexibility index (Phi) is 7.58. The van der Waals surface area contributed by atoms with Crippen molar-refractivity contribution in [2.24, 2.45) is 5.84 Å². The summed E-state index contributed by atoms with van der Waals surface area (Å²) >= 11 is 0. The number of rotatable bonds is 3. The summed E-state index contributed by atoms with van der Waals surface area (Å²) in [5.74, 6) is 5.35. The van der Waals surface area contributed by atoms with Gasteiger partial charge in [-0.05, 0) is 14.1 Å². The third-order valence-corrected chi connectivity index (χ3v) is 2.00. The maximum Gasteiger partial charge on any atom is 0.416 e. The maximum atomic E-state index is 11.8. The van der Waals surface area contributed by atoms with Crippen LogP contribution in [0.3, 0.4) is 0 Å². The number of likely N-dealkylation sites (N-methyl/N-ethyl adjacent to an activating group) is 2. The zero-order valence-electron chi connectivity index (χ0n) is 10.9. The number of halogens is 3. The van der Waals surface area contributed by atoms with Gasteiger partial charge in [-0.3, -0.25) is 5.84 Å². The van der Waals surface area contributed by atoms with Gasteiger partial charge in [-0.15, -0.1) is 0 Å². The summed E-state index contributed by atoms with van der Waals surface area (Å²) in [5.41, 5.74) is -0.602. The van der Waals surface area contributed by atoms with E-state index in [0.717, 1.165) is 25.2 Å². The van der Waals surface area contributed by atoms with Gasteiger partial charge in [0.05, 0.1) is 5.56 Å². The molecule has 0 saturated carbocycles. The third-order valence-electron chi connectivity index (χ3n) is 2.00. The summed E-state index contributed by atoms with van der Waals surface area (Å²) in [6, 6.07) is 6.36. The van der Waals surface area contributed by atoms with E-state index in [9.17, 15) is 13.2 Å². The lowest BCUT2D eigenvalue weighted by molar-refractivity contribution is -0.137. The van der Waals surface area contributed by atoms with Crippen LogP contribution in [0.1, 0.15) is 5.56 Å². The molecule has 0 atom stereocenters. The van der Waals surface area contributed by atoms with Gasteiger partial charge in [-0.2, -0.15) is 13.2 Å². The van der Waals surface area contributed by atoms with Crippen molar-refractivity contribution in [1.29, 1.82) is 0 Å². The molecular formula is C12H20F3N3. The van der Waals surface area contributed by atoms with E-state index in [4.69, 9.17) is 5.84 Å². The second-order valence-electron chi connectivity index (χ2n) is 4.15. The SMILES string of the molecule is CN(C)CCN(C)N.FC(F)(F)c1ccccc1. The summed E-state index contributed by atoms with van der Waals surface area (Å²) in [4.78, 5) is 2.10. The van der Waals surface area contributed by atoms with E-state index in [2.05, 4.69) is 4.90 Å². The quantitative estimate of drug-likeness (QED) is 0.669. The van der Waals surface area contributed by atoms with Crippen molar-refractivity contribution < 1.29 is 13.2 Å². The summed E-state index contributed by atoms with van der Waals surface area (Å²) in [6.07, 6.45) is -4.21. The molecule has 0 aromatic heterocycles. The Morgan fingerprint density at radius 3 is 1.72 bits per heavy atom. The van der Waals surface area contributed by atoms with E-state index in [1.54, 1.807) is 11.1 Å². The molecule has 2 N–H and O–H groups in total. The number of hydrogen-bond donors (Lipinski definition) is 1. The average molecular weight is 263 g/mol. The molecule has 6 heteroatoms. The predicted molar refractivity (Wildman–Crippen MR) is 66.8 cm³/mol. The second kappa shape index (κ2) is 8.07. The van der Waals surface area contributed by atoms with E-state index >= 15 is 0 Å². The van der Waals surface area contributed by atoms with Crippen molar-refractivity contribution >= 4 is 0 Å². The van der Waals surface area contributed by atoms with Crippen LogP contribution in [0.15, 0.2) is 30.3 Å². The fourth-order valence-electron chi connectivity index (χ4n) is 0.985. The molecule has 104 valence electrons. The van der Waals surface area contributed by atoms with Gasteiger partial charge in [0.15, 0.2) is 0 Å². The molecular weight excluding hydrogens is 243 g/mol. The Labute approximate surface area is 106 Å². The first-order valence-electron chi connectivity index (χ1n) is 5.46. The Morgan fingerprint density at radius 1 is 1.00 bits per heavy atom. The van der Waals surface area contributed by atoms with Crippen molar-refractivity contribution in [3.05, 3.63) is 35.9 Å². The summed E-state index contributed by atoms with van der Waals surface area (Å²) in [7, 11) is 5.93. The predicted octanol–water partition coefficient (Wildman–Crippen LogP) is 2.06. The van der Waals surface area contributed by atoms with Crippen LogP contribution in [0.4, 0.5) is 13.2 Å². The highest BCUT2D eigenvalue weighted by Crippen LogP contribution is 2.28. The number of benzene rings is 1. The Bertz CT molecular complexity index is 302. The molecule has 0 aliphatic heterocycles. The number of hydrazine groups is 1. The van der Waals surface area contributed by atoms with Gasteiger partial charge < -0.3 is 4.90 Å². The Hall–Kier alpha value is -1.11. The van der Waals surface area contributed by atoms with Crippen LogP contribution in [0.2, 0.25) is 0 Å². The monoisotopic (exact) mass is 263 g/mol. The average Bonchev–Trinajstić information content (AvgIpc) is 2.27. The van der Waals surface area contributed by atoms with Crippen molar-refractivity contribution in [3.8, 4) is 0 Å². The minimum atomic E-state index is -4.21. The van der Waals surface area contributed by atoms with Gasteiger partial charge in [0.2, 0.25) is 0 Å². The van der Waals surface area contributed by atoms with Gasteiger partial charge in [-0.1, -0.05) is 30.3 Å². The van der Waals surface area contributed by atoms with E-state index in [1.807, 2.05) is 21.1 Å². The first kappa shape index (κ1) is 16.9. The van der Waals surface area contributed by atoms with Crippen molar-refractivity contribution in [2.75, 3.05) is 34.2 Å².